The van der Waals surface area contributed by atoms with Gasteiger partial charge in [0.2, 0.25) is 59.3 Å². The van der Waals surface area contributed by atoms with Crippen molar-refractivity contribution in [3.8, 4) is 0 Å². The second-order valence-corrected chi connectivity index (χ2v) is 38.5. The predicted molar refractivity (Wildman–Crippen MR) is 581 cm³/mol. The molecule has 0 aliphatic carbocycles. The third kappa shape index (κ3) is 42.8. The molecule has 41 nitrogen and oxygen atoms in total. The van der Waals surface area contributed by atoms with Crippen molar-refractivity contribution < 1.29 is 47.9 Å². The Bertz CT molecular complexity index is 5380. The summed E-state index contributed by atoms with van der Waals surface area (Å²) in [7, 11) is 2.16. The minimum absolute atomic E-state index is 0.00621. The average Bonchev–Trinajstić information content (AvgIpc) is 0.965. The molecule has 10 bridgehead atoms. The van der Waals surface area contributed by atoms with Crippen LogP contribution in [0.1, 0.15) is 274 Å². The van der Waals surface area contributed by atoms with E-state index in [4.69, 9.17) is 5.73 Å². The number of aromatic nitrogens is 10. The second-order valence-electron chi connectivity index (χ2n) is 38.5. The molecule has 5 aromatic heterocycles. The van der Waals surface area contributed by atoms with Gasteiger partial charge in [-0.2, -0.15) is 24.9 Å². The van der Waals surface area contributed by atoms with Crippen molar-refractivity contribution in [2.75, 3.05) is 185 Å². The number of fused-ring (bicyclic) bond motifs is 10. The van der Waals surface area contributed by atoms with E-state index < -0.39 is 6.04 Å². The first-order chi connectivity index (χ1) is 71.8. The Balaban J connectivity index is 0.000000192. The Labute approximate surface area is 871 Å². The van der Waals surface area contributed by atoms with Gasteiger partial charge in [0.25, 0.3) is 17.7 Å². The number of piperazine rings is 1. The number of nitrogens with two attached hydrogens (primary N) is 1. The minimum atomic E-state index is -0.545. The molecule has 0 radical (unpaired) electrons. The van der Waals surface area contributed by atoms with Crippen LogP contribution in [-0.2, 0) is 50.2 Å². The standard InChI is InChI=1S/C27H41N9O2.C25H36N6O2.C23H32N6O2.2C16H25N5O2/c1-35-13-15-36(16-14-35)19-21-8-6-20(7-9-21)17-32-25(37)22-18-33-27-31-11-3-2-10-30-26(38)23(28)5-4-12-29-24(22)34-27;1-19-10-12-20(13-11-19)17-29-24(33)21-18-30-25-28-16-7-3-2-6-14-26-22(32)9-5-4-8-15-27-23(21)31-25;1-16-7-9-18(10-8-16)14-27-22(31)19-15-28-23-26-12-4-3-11-25-21(30)17(2)6-5-13-24-20(19)29-23;2*1-11-6-5-9-17-14-13(12(2)22)10-20-16(21-14)19-8-4-3-7-18-15(11)23/h6-9,18,23H,2-5,10-17,19,28H2,1H3,(H,30,38)(H,32,37)(H2,29,31,33,34);10-13,18H,2-9,14-17H2,1H3,(H,26,32)(H,29,33)(H2,27,28,30,31);7-10,15,17H,3-6,11-14H2,1-2H3,(H,25,30)(H,27,31)(H2,24,26,28,29);2*10-11H,3-9H2,1-2H3,(H,18,23)(H2,17,19,20,21)/t23-;;17-;2*11-/m0.000/s1. The van der Waals surface area contributed by atoms with Gasteiger partial charge >= 0.3 is 0 Å². The lowest BCUT2D eigenvalue weighted by molar-refractivity contribution is -0.125. The highest BCUT2D eigenvalue weighted by molar-refractivity contribution is 6.01. The first-order valence-corrected chi connectivity index (χ1v) is 53.1. The fourth-order valence-corrected chi connectivity index (χ4v) is 16.4. The molecule has 20 N–H and O–H groups in total. The molecule has 8 amide bonds. The van der Waals surface area contributed by atoms with Gasteiger partial charge in [-0.25, -0.2) is 24.9 Å². The second kappa shape index (κ2) is 64.9. The molecule has 0 saturated carbocycles. The number of aryl methyl sites for hydroxylation is 2. The van der Waals surface area contributed by atoms with Gasteiger partial charge in [-0.15, -0.1) is 0 Å². The Kier molecular flexibility index (Phi) is 50.9. The zero-order chi connectivity index (χ0) is 105. The number of nitrogens with one attached hydrogen (secondary N) is 18. The Morgan fingerprint density at radius 3 is 0.899 bits per heavy atom. The molecule has 0 spiro atoms. The highest BCUT2D eigenvalue weighted by Gasteiger charge is 2.25. The molecular weight excluding hydrogens is 1880 g/mol. The van der Waals surface area contributed by atoms with Gasteiger partial charge in [0.15, 0.2) is 11.6 Å². The van der Waals surface area contributed by atoms with Crippen LogP contribution in [0.15, 0.2) is 104 Å². The van der Waals surface area contributed by atoms with Crippen molar-refractivity contribution in [2.45, 2.75) is 235 Å². The number of nitrogens with zero attached hydrogens (tertiary/aromatic N) is 12. The number of likely N-dealkylation sites (N-methyl/N-ethyl adjacent to an activating group) is 1. The van der Waals surface area contributed by atoms with Gasteiger partial charge in [0.1, 0.15) is 45.8 Å². The molecule has 148 heavy (non-hydrogen) atoms. The number of benzene rings is 3. The molecule has 8 aromatic rings. The predicted octanol–water partition coefficient (Wildman–Crippen LogP) is 11.3. The summed E-state index contributed by atoms with van der Waals surface area (Å²) in [4.78, 5) is 171. The molecule has 4 atom stereocenters. The topological polar surface area (TPSA) is 549 Å². The maximum Gasteiger partial charge on any atom is 0.256 e. The molecule has 802 valence electrons. The van der Waals surface area contributed by atoms with E-state index in [-0.39, 0.29) is 76.6 Å². The van der Waals surface area contributed by atoms with E-state index in [1.165, 1.54) is 30.5 Å². The zero-order valence-electron chi connectivity index (χ0n) is 87.9. The molecule has 3 aromatic carbocycles. The maximum atomic E-state index is 13.1. The molecule has 1 saturated heterocycles. The van der Waals surface area contributed by atoms with Gasteiger partial charge in [-0.1, -0.05) is 124 Å². The van der Waals surface area contributed by atoms with Crippen molar-refractivity contribution in [2.24, 2.45) is 23.5 Å². The lowest BCUT2D eigenvalue weighted by Crippen LogP contribution is -2.43. The van der Waals surface area contributed by atoms with Crippen LogP contribution in [0.5, 0.6) is 0 Å². The molecule has 1 fully saturated rings. The number of carbonyl (C=O) groups is 10. The number of anilines is 10. The van der Waals surface area contributed by atoms with Crippen LogP contribution in [0.25, 0.3) is 0 Å². The number of Topliss-reactive ketones (excluding diaryl/α,β-unsaturated/α-hetero) is 2. The normalized spacial score (nSPS) is 18.9. The van der Waals surface area contributed by atoms with Crippen LogP contribution in [0.4, 0.5) is 58.8 Å². The number of carbonyl (C=O) groups excluding carboxylic acids is 10. The number of amides is 8. The van der Waals surface area contributed by atoms with Crippen molar-refractivity contribution in [3.63, 3.8) is 0 Å². The van der Waals surface area contributed by atoms with E-state index in [9.17, 15) is 47.9 Å². The summed E-state index contributed by atoms with van der Waals surface area (Å²) in [5, 5.41) is 55.9. The van der Waals surface area contributed by atoms with Crippen molar-refractivity contribution in [1.82, 2.24) is 102 Å². The molecule has 41 heteroatoms. The van der Waals surface area contributed by atoms with Crippen LogP contribution >= 0.6 is 0 Å². The summed E-state index contributed by atoms with van der Waals surface area (Å²) >= 11 is 0. The van der Waals surface area contributed by atoms with E-state index >= 15 is 0 Å². The van der Waals surface area contributed by atoms with Gasteiger partial charge in [-0.05, 0) is 185 Å². The van der Waals surface area contributed by atoms with Gasteiger partial charge in [0.05, 0.1) is 17.2 Å². The molecule has 11 heterocycles. The smallest absolute Gasteiger partial charge is 0.256 e. The average molecular weight is 2040 g/mol. The zero-order valence-corrected chi connectivity index (χ0v) is 87.9. The van der Waals surface area contributed by atoms with E-state index in [2.05, 4.69) is 187 Å². The van der Waals surface area contributed by atoms with Crippen LogP contribution in [0.3, 0.4) is 0 Å². The van der Waals surface area contributed by atoms with Crippen LogP contribution < -0.4 is 101 Å². The fraction of sp³-hybridized carbons (Fsp3) is 0.551. The molecule has 6 aliphatic heterocycles. The minimum Gasteiger partial charge on any atom is -0.369 e. The van der Waals surface area contributed by atoms with Crippen LogP contribution in [0, 0.1) is 31.6 Å². The van der Waals surface area contributed by atoms with E-state index in [1.54, 1.807) is 31.0 Å². The highest BCUT2D eigenvalue weighted by Crippen LogP contribution is 2.25. The fourth-order valence-electron chi connectivity index (χ4n) is 16.4. The first kappa shape index (κ1) is 116. The number of hydrogen-bond donors (Lipinski definition) is 19. The lowest BCUT2D eigenvalue weighted by atomic mass is 10.0. The van der Waals surface area contributed by atoms with Crippen molar-refractivity contribution >= 4 is 118 Å². The SMILES string of the molecule is CC(=O)c1cnc2nc1NCCC[C@H](C)C(=O)NCCCCN2.CC(=O)c1cnc2nc1NCCC[C@H](C)C(=O)NCCCCN2.CN1CCN(Cc2ccc(CNC(=O)c3cnc4nc3NCCC[C@H](N)C(=O)NCCCCN4)cc2)CC1.Cc1ccc(CNC(=O)c2cnc3nc2NCCCCCC(=O)NCCCCCCN3)cc1.Cc1ccc(CNC(=O)c2cnc3nc2NCCC[C@H](C)C(=O)NCCCCN3)cc1. The summed E-state index contributed by atoms with van der Waals surface area (Å²) in [6.45, 7) is 29.7. The van der Waals surface area contributed by atoms with Crippen LogP contribution in [0.2, 0.25) is 0 Å². The molecule has 0 unspecified atom stereocenters. The third-order valence-electron chi connectivity index (χ3n) is 25.9. The van der Waals surface area contributed by atoms with Gasteiger partial charge < -0.3 is 106 Å². The maximum absolute atomic E-state index is 13.1. The number of rotatable bonds is 13. The third-order valence-corrected chi connectivity index (χ3v) is 25.9. The molecule has 6 aliphatic rings. The summed E-state index contributed by atoms with van der Waals surface area (Å²) in [5.74, 6) is 4.63. The molecular formula is C107H159N31O10. The quantitative estimate of drug-likeness (QED) is 0.0477. The molecule has 14 rings (SSSR count). The van der Waals surface area contributed by atoms with Gasteiger partial charge in [-0.3, -0.25) is 52.8 Å². The summed E-state index contributed by atoms with van der Waals surface area (Å²) in [5.41, 5.74) is 15.0. The lowest BCUT2D eigenvalue weighted by Gasteiger charge is -2.32. The number of hydrogen-bond acceptors (Lipinski definition) is 33. The van der Waals surface area contributed by atoms with E-state index in [0.29, 0.717) is 198 Å². The summed E-state index contributed by atoms with van der Waals surface area (Å²) < 4.78 is 0. The number of ketones is 2. The van der Waals surface area contributed by atoms with Crippen molar-refractivity contribution in [3.05, 3.63) is 165 Å². The van der Waals surface area contributed by atoms with Crippen molar-refractivity contribution in [1.29, 1.82) is 0 Å². The van der Waals surface area contributed by atoms with E-state index in [0.717, 1.165) is 210 Å². The highest BCUT2D eigenvalue weighted by atomic mass is 16.2. The monoisotopic (exact) mass is 2040 g/mol. The summed E-state index contributed by atoms with van der Waals surface area (Å²) in [6.07, 6.45) is 28.4. The Hall–Kier alpha value is -14.0. The Morgan fingerprint density at radius 2 is 0.568 bits per heavy atom. The largest absolute Gasteiger partial charge is 0.369 e. The summed E-state index contributed by atoms with van der Waals surface area (Å²) in [6, 6.07) is 24.0. The van der Waals surface area contributed by atoms with Gasteiger partial charge in [0, 0.05) is 206 Å². The van der Waals surface area contributed by atoms with E-state index in [1.807, 2.05) is 83.1 Å². The first-order valence-electron chi connectivity index (χ1n) is 53.1. The van der Waals surface area contributed by atoms with Crippen LogP contribution in [-0.4, -0.2) is 256 Å². The Morgan fingerprint density at radius 1 is 0.311 bits per heavy atom.